The number of benzene rings is 3. The van der Waals surface area contributed by atoms with Crippen LogP contribution in [0.3, 0.4) is 0 Å². The number of carbonyl (C=O) groups excluding carboxylic acids is 1. The van der Waals surface area contributed by atoms with Crippen molar-refractivity contribution >= 4 is 15.9 Å². The zero-order valence-electron chi connectivity index (χ0n) is 21.7. The molecule has 1 N–H and O–H groups in total. The fourth-order valence-corrected chi connectivity index (χ4v) is 5.93. The summed E-state index contributed by atoms with van der Waals surface area (Å²) < 4.78 is 47.7. The molecule has 3 atom stereocenters. The first-order chi connectivity index (χ1) is 18.1. The lowest BCUT2D eigenvalue weighted by atomic mass is 9.94. The molecular weight excluding hydrogens is 507 g/mol. The minimum Gasteiger partial charge on any atom is -0.394 e. The first-order valence-corrected chi connectivity index (χ1v) is 14.0. The average molecular weight is 541 g/mol. The van der Waals surface area contributed by atoms with Gasteiger partial charge in [0.25, 0.3) is 5.91 Å². The van der Waals surface area contributed by atoms with Crippen LogP contribution in [0, 0.1) is 11.7 Å². The third kappa shape index (κ3) is 5.81. The van der Waals surface area contributed by atoms with Crippen molar-refractivity contribution in [2.75, 3.05) is 26.7 Å². The summed E-state index contributed by atoms with van der Waals surface area (Å²) in [6.45, 7) is 3.88. The lowest BCUT2D eigenvalue weighted by Gasteiger charge is -2.35. The first kappa shape index (κ1) is 27.9. The molecule has 0 saturated carbocycles. The summed E-state index contributed by atoms with van der Waals surface area (Å²) in [5.41, 5.74) is 3.01. The first-order valence-electron chi connectivity index (χ1n) is 12.6. The minimum atomic E-state index is -3.99. The highest BCUT2D eigenvalue weighted by Gasteiger charge is 2.32. The van der Waals surface area contributed by atoms with Crippen LogP contribution in [0.15, 0.2) is 77.7 Å². The molecule has 0 fully saturated rings. The van der Waals surface area contributed by atoms with Gasteiger partial charge in [0.15, 0.2) is 0 Å². The highest BCUT2D eigenvalue weighted by molar-refractivity contribution is 7.89. The Kier molecular flexibility index (Phi) is 8.62. The maximum Gasteiger partial charge on any atom is 0.254 e. The number of ether oxygens (including phenoxy) is 1. The lowest BCUT2D eigenvalue weighted by molar-refractivity contribution is -0.0146. The zero-order chi connectivity index (χ0) is 27.4. The smallest absolute Gasteiger partial charge is 0.254 e. The number of sulfonamides is 1. The molecule has 1 amide bonds. The number of halogens is 1. The van der Waals surface area contributed by atoms with Gasteiger partial charge in [0.05, 0.1) is 30.3 Å². The van der Waals surface area contributed by atoms with Gasteiger partial charge in [0, 0.05) is 31.6 Å². The number of hydrogen-bond donors (Lipinski definition) is 1. The van der Waals surface area contributed by atoms with Crippen molar-refractivity contribution in [1.29, 1.82) is 0 Å². The monoisotopic (exact) mass is 540 g/mol. The number of aliphatic hydroxyl groups is 1. The van der Waals surface area contributed by atoms with Crippen molar-refractivity contribution in [3.8, 4) is 11.1 Å². The van der Waals surface area contributed by atoms with E-state index in [0.717, 1.165) is 27.1 Å². The highest BCUT2D eigenvalue weighted by atomic mass is 32.2. The van der Waals surface area contributed by atoms with Gasteiger partial charge < -0.3 is 14.7 Å². The molecule has 202 valence electrons. The lowest BCUT2D eigenvalue weighted by Crippen LogP contribution is -2.47. The van der Waals surface area contributed by atoms with Crippen molar-refractivity contribution < 1.29 is 27.4 Å². The van der Waals surface area contributed by atoms with Gasteiger partial charge in [-0.05, 0) is 47.9 Å². The van der Waals surface area contributed by atoms with Gasteiger partial charge >= 0.3 is 0 Å². The molecule has 0 radical (unpaired) electrons. The van der Waals surface area contributed by atoms with E-state index in [-0.39, 0.29) is 43.0 Å². The molecule has 0 spiro atoms. The number of aliphatic hydroxyl groups excluding tert-OH is 1. The van der Waals surface area contributed by atoms with E-state index in [9.17, 15) is 22.7 Å². The Hall–Kier alpha value is -3.11. The van der Waals surface area contributed by atoms with Crippen LogP contribution < -0.4 is 0 Å². The normalized spacial score (nSPS) is 19.4. The molecule has 7 nitrogen and oxygen atoms in total. The van der Waals surface area contributed by atoms with Crippen molar-refractivity contribution in [3.63, 3.8) is 0 Å². The van der Waals surface area contributed by atoms with E-state index in [2.05, 4.69) is 0 Å². The van der Waals surface area contributed by atoms with Crippen LogP contribution in [0.2, 0.25) is 0 Å². The Morgan fingerprint density at radius 3 is 2.39 bits per heavy atom. The number of carbonyl (C=O) groups is 1. The van der Waals surface area contributed by atoms with Crippen molar-refractivity contribution in [1.82, 2.24) is 9.21 Å². The maximum atomic E-state index is 13.9. The predicted octanol–water partition coefficient (Wildman–Crippen LogP) is 4.17. The highest BCUT2D eigenvalue weighted by Crippen LogP contribution is 2.31. The van der Waals surface area contributed by atoms with Crippen LogP contribution in [-0.4, -0.2) is 67.5 Å². The average Bonchev–Trinajstić information content (AvgIpc) is 2.94. The van der Waals surface area contributed by atoms with Crippen LogP contribution in [0.5, 0.6) is 0 Å². The third-order valence-electron chi connectivity index (χ3n) is 7.04. The maximum absolute atomic E-state index is 13.9. The Labute approximate surface area is 223 Å². The molecular formula is C29H33FN2O5S. The summed E-state index contributed by atoms with van der Waals surface area (Å²) in [5.74, 6) is -1.15. The van der Waals surface area contributed by atoms with Crippen LogP contribution >= 0.6 is 0 Å². The zero-order valence-corrected chi connectivity index (χ0v) is 22.6. The van der Waals surface area contributed by atoms with Crippen molar-refractivity contribution in [3.05, 3.63) is 89.7 Å². The number of fused-ring (bicyclic) bond motifs is 3. The molecule has 0 aliphatic carbocycles. The summed E-state index contributed by atoms with van der Waals surface area (Å²) >= 11 is 0. The van der Waals surface area contributed by atoms with Gasteiger partial charge in [-0.1, -0.05) is 55.5 Å². The van der Waals surface area contributed by atoms with E-state index in [1.165, 1.54) is 25.2 Å². The molecule has 3 aromatic rings. The number of likely N-dealkylation sites (N-methyl/N-ethyl adjacent to an activating group) is 1. The second kappa shape index (κ2) is 11.7. The number of hydrogen-bond acceptors (Lipinski definition) is 5. The number of amides is 1. The SMILES string of the molecule is C[C@@H]1CN([C@@H](C)CO)C(=O)c2ccccc2-c2ccccc2CO[C@@H]1CN(C)S(=O)(=O)c1cccc(F)c1. The van der Waals surface area contributed by atoms with Gasteiger partial charge in [0.2, 0.25) is 10.0 Å². The fraction of sp³-hybridized carbons (Fsp3) is 0.345. The molecule has 0 saturated heterocycles. The summed E-state index contributed by atoms with van der Waals surface area (Å²) in [5, 5.41) is 9.96. The Morgan fingerprint density at radius 1 is 1.05 bits per heavy atom. The quantitative estimate of drug-likeness (QED) is 0.507. The van der Waals surface area contributed by atoms with E-state index in [4.69, 9.17) is 4.74 Å². The third-order valence-corrected chi connectivity index (χ3v) is 8.86. The molecule has 1 aliphatic rings. The summed E-state index contributed by atoms with van der Waals surface area (Å²) in [7, 11) is -2.55. The second-order valence-corrected chi connectivity index (χ2v) is 11.8. The second-order valence-electron chi connectivity index (χ2n) is 9.76. The van der Waals surface area contributed by atoms with E-state index >= 15 is 0 Å². The van der Waals surface area contributed by atoms with E-state index in [1.54, 1.807) is 17.9 Å². The molecule has 1 aliphatic heterocycles. The van der Waals surface area contributed by atoms with Crippen LogP contribution in [-0.2, 0) is 21.4 Å². The van der Waals surface area contributed by atoms with Gasteiger partial charge in [-0.15, -0.1) is 0 Å². The van der Waals surface area contributed by atoms with E-state index in [0.29, 0.717) is 5.56 Å². The molecule has 0 aromatic heterocycles. The van der Waals surface area contributed by atoms with Crippen LogP contribution in [0.1, 0.15) is 29.8 Å². The predicted molar refractivity (Wildman–Crippen MR) is 143 cm³/mol. The van der Waals surface area contributed by atoms with Crippen molar-refractivity contribution in [2.45, 2.75) is 37.5 Å². The van der Waals surface area contributed by atoms with Gasteiger partial charge in [-0.25, -0.2) is 12.8 Å². The molecule has 0 bridgehead atoms. The molecule has 4 rings (SSSR count). The molecule has 1 heterocycles. The van der Waals surface area contributed by atoms with Crippen LogP contribution in [0.4, 0.5) is 4.39 Å². The fourth-order valence-electron chi connectivity index (χ4n) is 4.71. The van der Waals surface area contributed by atoms with Crippen LogP contribution in [0.25, 0.3) is 11.1 Å². The summed E-state index contributed by atoms with van der Waals surface area (Å²) in [6.07, 6.45) is -0.598. The Balaban J connectivity index is 1.73. The van der Waals surface area contributed by atoms with Crippen molar-refractivity contribution in [2.24, 2.45) is 5.92 Å². The van der Waals surface area contributed by atoms with E-state index < -0.39 is 28.0 Å². The van der Waals surface area contributed by atoms with E-state index in [1.807, 2.05) is 49.4 Å². The standard InChI is InChI=1S/C29H33FN2O5S/c1-20-16-32(21(2)18-33)29(34)27-14-7-6-13-26(27)25-12-5-4-9-22(25)19-37-28(20)17-31(3)38(35,36)24-11-8-10-23(30)15-24/h4-15,20-21,28,33H,16-19H2,1-3H3/t20-,21+,28-/m1/s1. The summed E-state index contributed by atoms with van der Waals surface area (Å²) in [6, 6.07) is 19.4. The molecule has 9 heteroatoms. The number of nitrogens with zero attached hydrogens (tertiary/aromatic N) is 2. The summed E-state index contributed by atoms with van der Waals surface area (Å²) in [4.78, 5) is 15.3. The van der Waals surface area contributed by atoms with Gasteiger partial charge in [-0.3, -0.25) is 4.79 Å². The topological polar surface area (TPSA) is 87.2 Å². The largest absolute Gasteiger partial charge is 0.394 e. The number of rotatable bonds is 6. The molecule has 38 heavy (non-hydrogen) atoms. The Morgan fingerprint density at radius 2 is 1.71 bits per heavy atom. The molecule has 3 aromatic carbocycles. The Bertz CT molecular complexity index is 1400. The molecule has 0 unspecified atom stereocenters. The minimum absolute atomic E-state index is 0.00926. The van der Waals surface area contributed by atoms with Gasteiger partial charge in [-0.2, -0.15) is 4.31 Å². The van der Waals surface area contributed by atoms with Gasteiger partial charge in [0.1, 0.15) is 5.82 Å².